The van der Waals surface area contributed by atoms with E-state index in [0.717, 1.165) is 38.3 Å². The minimum Gasteiger partial charge on any atom is -0.508 e. The van der Waals surface area contributed by atoms with Crippen LogP contribution in [-0.2, 0) is 0 Å². The third kappa shape index (κ3) is 3.96. The number of aliphatic hydroxyl groups is 1. The first-order valence-corrected chi connectivity index (χ1v) is 10.3. The van der Waals surface area contributed by atoms with Crippen molar-refractivity contribution in [2.24, 2.45) is 17.8 Å². The summed E-state index contributed by atoms with van der Waals surface area (Å²) in [5.74, 6) is 2.10. The Bertz CT molecular complexity index is 621. The van der Waals surface area contributed by atoms with Crippen molar-refractivity contribution in [2.75, 3.05) is 19.6 Å². The number of carbonyl (C=O) groups is 1. The maximum atomic E-state index is 12.4. The molecule has 0 bridgehead atoms. The van der Waals surface area contributed by atoms with Gasteiger partial charge in [0.05, 0.1) is 12.1 Å². The number of nitrogens with zero attached hydrogens (tertiary/aromatic N) is 1. The van der Waals surface area contributed by atoms with E-state index in [0.29, 0.717) is 23.9 Å². The van der Waals surface area contributed by atoms with E-state index in [1.165, 1.54) is 32.1 Å². The van der Waals surface area contributed by atoms with E-state index < -0.39 is 5.60 Å². The molecule has 26 heavy (non-hydrogen) atoms. The number of likely N-dealkylation sites (tertiary alicyclic amines) is 1. The number of phenolic OH excluding ortho intramolecular Hbond substituents is 1. The number of aromatic hydroxyl groups is 1. The molecule has 0 spiro atoms. The summed E-state index contributed by atoms with van der Waals surface area (Å²) in [5, 5.41) is 20.5. The molecule has 0 radical (unpaired) electrons. The van der Waals surface area contributed by atoms with Crippen molar-refractivity contribution in [3.63, 3.8) is 0 Å². The zero-order valence-corrected chi connectivity index (χ0v) is 15.6. The summed E-state index contributed by atoms with van der Waals surface area (Å²) in [7, 11) is 0. The molecule has 4 nitrogen and oxygen atoms in total. The average Bonchev–Trinajstić information content (AvgIpc) is 3.10. The van der Waals surface area contributed by atoms with Gasteiger partial charge in [0.1, 0.15) is 5.75 Å². The Hall–Kier alpha value is -1.39. The minimum atomic E-state index is -0.454. The van der Waals surface area contributed by atoms with Crippen LogP contribution in [0.2, 0.25) is 0 Å². The predicted molar refractivity (Wildman–Crippen MR) is 101 cm³/mol. The number of carbonyl (C=O) groups excluding carboxylic acids is 1. The van der Waals surface area contributed by atoms with E-state index in [1.54, 1.807) is 24.3 Å². The third-order valence-electron chi connectivity index (χ3n) is 6.89. The van der Waals surface area contributed by atoms with Gasteiger partial charge in [-0.3, -0.25) is 9.69 Å². The number of ketones is 1. The van der Waals surface area contributed by atoms with E-state index in [4.69, 9.17) is 0 Å². The van der Waals surface area contributed by atoms with Crippen LogP contribution in [0.15, 0.2) is 24.3 Å². The Kier molecular flexibility index (Phi) is 5.07. The van der Waals surface area contributed by atoms with Gasteiger partial charge in [0.15, 0.2) is 5.78 Å². The van der Waals surface area contributed by atoms with Gasteiger partial charge in [-0.1, -0.05) is 32.1 Å². The van der Waals surface area contributed by atoms with Gasteiger partial charge >= 0.3 is 0 Å². The number of fused-ring (bicyclic) bond motifs is 1. The predicted octanol–water partition coefficient (Wildman–Crippen LogP) is 3.62. The number of hydrogen-bond acceptors (Lipinski definition) is 4. The summed E-state index contributed by atoms with van der Waals surface area (Å²) in [4.78, 5) is 14.7. The Morgan fingerprint density at radius 1 is 1.04 bits per heavy atom. The molecule has 2 unspecified atom stereocenters. The summed E-state index contributed by atoms with van der Waals surface area (Å²) in [6, 6.07) is 6.52. The Balaban J connectivity index is 1.29. The third-order valence-corrected chi connectivity index (χ3v) is 6.89. The second-order valence-electron chi connectivity index (χ2n) is 9.03. The first-order valence-electron chi connectivity index (χ1n) is 10.3. The highest BCUT2D eigenvalue weighted by molar-refractivity contribution is 5.97. The molecule has 1 saturated heterocycles. The normalized spacial score (nSPS) is 32.7. The van der Waals surface area contributed by atoms with Crippen molar-refractivity contribution in [2.45, 2.75) is 57.0 Å². The summed E-state index contributed by atoms with van der Waals surface area (Å²) in [6.45, 7) is 2.31. The smallest absolute Gasteiger partial charge is 0.176 e. The van der Waals surface area contributed by atoms with Crippen LogP contribution >= 0.6 is 0 Å². The van der Waals surface area contributed by atoms with Crippen molar-refractivity contribution in [3.8, 4) is 5.75 Å². The van der Waals surface area contributed by atoms with Crippen LogP contribution in [0, 0.1) is 17.8 Å². The Morgan fingerprint density at radius 2 is 1.65 bits per heavy atom. The van der Waals surface area contributed by atoms with Gasteiger partial charge in [-0.2, -0.15) is 0 Å². The largest absolute Gasteiger partial charge is 0.508 e. The van der Waals surface area contributed by atoms with Crippen LogP contribution in [0.3, 0.4) is 0 Å². The van der Waals surface area contributed by atoms with Crippen LogP contribution in [0.5, 0.6) is 5.75 Å². The maximum Gasteiger partial charge on any atom is 0.176 e. The van der Waals surface area contributed by atoms with E-state index >= 15 is 0 Å². The fraction of sp³-hybridized carbons (Fsp3) is 0.682. The lowest BCUT2D eigenvalue weighted by Gasteiger charge is -2.32. The summed E-state index contributed by atoms with van der Waals surface area (Å²) in [5.41, 5.74) is 0.207. The molecule has 1 aromatic carbocycles. The zero-order valence-electron chi connectivity index (χ0n) is 15.6. The van der Waals surface area contributed by atoms with Gasteiger partial charge < -0.3 is 10.2 Å². The van der Waals surface area contributed by atoms with Crippen LogP contribution < -0.4 is 0 Å². The van der Waals surface area contributed by atoms with Gasteiger partial charge in [-0.25, -0.2) is 0 Å². The van der Waals surface area contributed by atoms with E-state index in [2.05, 4.69) is 4.90 Å². The number of benzene rings is 1. The summed E-state index contributed by atoms with van der Waals surface area (Å²) in [6.07, 6.45) is 9.45. The standard InChI is InChI=1S/C22H31NO3/c24-20-8-6-17(7-9-20)21(25)15-23-13-18-11-22(26,12-19(18)14-23)10-16-4-2-1-3-5-16/h6-9,16,18-19,24,26H,1-5,10-15H2/t18-,19?,22?/m0/s1. The molecule has 142 valence electrons. The topological polar surface area (TPSA) is 60.8 Å². The second-order valence-corrected chi connectivity index (χ2v) is 9.03. The van der Waals surface area contributed by atoms with Crippen molar-refractivity contribution < 1.29 is 15.0 Å². The minimum absolute atomic E-state index is 0.113. The first-order chi connectivity index (χ1) is 12.5. The second kappa shape index (κ2) is 7.32. The number of rotatable bonds is 5. The highest BCUT2D eigenvalue weighted by atomic mass is 16.3. The quantitative estimate of drug-likeness (QED) is 0.790. The van der Waals surface area contributed by atoms with Crippen LogP contribution in [-0.4, -0.2) is 46.1 Å². The molecule has 1 heterocycles. The number of phenols is 1. The molecule has 4 rings (SSSR count). The molecule has 3 aliphatic rings. The fourth-order valence-corrected chi connectivity index (χ4v) is 5.72. The average molecular weight is 357 g/mol. The van der Waals surface area contributed by atoms with Crippen molar-refractivity contribution in [1.82, 2.24) is 4.90 Å². The SMILES string of the molecule is O=C(CN1CC2CC(O)(CC3CCCCC3)C[C@H]2C1)c1ccc(O)cc1. The Morgan fingerprint density at radius 3 is 2.27 bits per heavy atom. The van der Waals surface area contributed by atoms with Crippen molar-refractivity contribution in [1.29, 1.82) is 0 Å². The first kappa shape index (κ1) is 18.0. The molecule has 3 fully saturated rings. The zero-order chi connectivity index (χ0) is 18.1. The molecule has 1 aliphatic heterocycles. The van der Waals surface area contributed by atoms with E-state index in [-0.39, 0.29) is 11.5 Å². The van der Waals surface area contributed by atoms with Gasteiger partial charge in [-0.05, 0) is 61.3 Å². The van der Waals surface area contributed by atoms with Crippen LogP contribution in [0.4, 0.5) is 0 Å². The number of Topliss-reactive ketones (excluding diaryl/α,β-unsaturated/α-hetero) is 1. The molecule has 3 atom stereocenters. The molecule has 2 N–H and O–H groups in total. The van der Waals surface area contributed by atoms with Crippen LogP contribution in [0.1, 0.15) is 61.7 Å². The maximum absolute atomic E-state index is 12.4. The molecule has 1 aromatic rings. The molecular formula is C22H31NO3. The van der Waals surface area contributed by atoms with E-state index in [9.17, 15) is 15.0 Å². The summed E-state index contributed by atoms with van der Waals surface area (Å²) >= 11 is 0. The molecule has 2 aliphatic carbocycles. The molecule has 4 heteroatoms. The van der Waals surface area contributed by atoms with Gasteiger partial charge in [0, 0.05) is 18.7 Å². The van der Waals surface area contributed by atoms with Crippen molar-refractivity contribution in [3.05, 3.63) is 29.8 Å². The van der Waals surface area contributed by atoms with Crippen molar-refractivity contribution >= 4 is 5.78 Å². The number of hydrogen-bond donors (Lipinski definition) is 2. The lowest BCUT2D eigenvalue weighted by molar-refractivity contribution is 0.00622. The molecule has 2 saturated carbocycles. The van der Waals surface area contributed by atoms with Crippen LogP contribution in [0.25, 0.3) is 0 Å². The monoisotopic (exact) mass is 357 g/mol. The van der Waals surface area contributed by atoms with E-state index in [1.807, 2.05) is 0 Å². The van der Waals surface area contributed by atoms with Gasteiger partial charge in [0.2, 0.25) is 0 Å². The molecule has 0 aromatic heterocycles. The Labute approximate surface area is 156 Å². The molecule has 0 amide bonds. The van der Waals surface area contributed by atoms with Gasteiger partial charge in [-0.15, -0.1) is 0 Å². The summed E-state index contributed by atoms with van der Waals surface area (Å²) < 4.78 is 0. The fourth-order valence-electron chi connectivity index (χ4n) is 5.72. The highest BCUT2D eigenvalue weighted by Gasteiger charge is 2.48. The molecular weight excluding hydrogens is 326 g/mol. The lowest BCUT2D eigenvalue weighted by atomic mass is 9.79. The lowest BCUT2D eigenvalue weighted by Crippen LogP contribution is -2.34. The highest BCUT2D eigenvalue weighted by Crippen LogP contribution is 2.47. The van der Waals surface area contributed by atoms with Gasteiger partial charge in [0.25, 0.3) is 0 Å².